The molecule has 0 radical (unpaired) electrons. The Bertz CT molecular complexity index is 936. The number of anilines is 2. The van der Waals surface area contributed by atoms with Gasteiger partial charge in [0.25, 0.3) is 5.91 Å². The third-order valence-electron chi connectivity index (χ3n) is 4.46. The smallest absolute Gasteiger partial charge is 0.253 e. The molecule has 0 saturated heterocycles. The number of carbonyl (C=O) groups excluding carboxylic acids is 1. The molecular formula is C23H25ClN4O. The molecule has 3 aromatic rings. The molecule has 1 aromatic heterocycles. The average Bonchev–Trinajstić information content (AvgIpc) is 2.74. The SMILES string of the molecule is CCCN(CCC)C(=O)c1ccc(Nc2nccc(-c3ccc(Cl)cc3)n2)cc1. The molecular weight excluding hydrogens is 384 g/mol. The molecule has 0 bridgehead atoms. The second-order valence-electron chi connectivity index (χ2n) is 6.77. The number of benzene rings is 2. The number of hydrogen-bond donors (Lipinski definition) is 1. The van der Waals surface area contributed by atoms with Crippen LogP contribution >= 0.6 is 11.6 Å². The highest BCUT2D eigenvalue weighted by Gasteiger charge is 2.14. The number of nitrogens with one attached hydrogen (secondary N) is 1. The van der Waals surface area contributed by atoms with Crippen molar-refractivity contribution in [3.63, 3.8) is 0 Å². The largest absolute Gasteiger partial charge is 0.339 e. The highest BCUT2D eigenvalue weighted by atomic mass is 35.5. The highest BCUT2D eigenvalue weighted by molar-refractivity contribution is 6.30. The van der Waals surface area contributed by atoms with E-state index in [2.05, 4.69) is 29.1 Å². The molecule has 3 rings (SSSR count). The Labute approximate surface area is 176 Å². The molecule has 1 heterocycles. The zero-order chi connectivity index (χ0) is 20.6. The van der Waals surface area contributed by atoms with Crippen LogP contribution in [0.1, 0.15) is 37.0 Å². The molecule has 29 heavy (non-hydrogen) atoms. The summed E-state index contributed by atoms with van der Waals surface area (Å²) in [6.45, 7) is 5.72. The van der Waals surface area contributed by atoms with E-state index in [0.717, 1.165) is 42.9 Å². The van der Waals surface area contributed by atoms with Gasteiger partial charge in [0.05, 0.1) is 5.69 Å². The second kappa shape index (κ2) is 10.0. The first-order valence-electron chi connectivity index (χ1n) is 9.86. The Morgan fingerprint density at radius 2 is 1.62 bits per heavy atom. The molecule has 1 N–H and O–H groups in total. The summed E-state index contributed by atoms with van der Waals surface area (Å²) in [6.07, 6.45) is 3.61. The van der Waals surface area contributed by atoms with E-state index >= 15 is 0 Å². The molecule has 0 saturated carbocycles. The van der Waals surface area contributed by atoms with Crippen LogP contribution in [0.3, 0.4) is 0 Å². The first kappa shape index (κ1) is 20.8. The van der Waals surface area contributed by atoms with Gasteiger partial charge in [-0.05, 0) is 55.3 Å². The van der Waals surface area contributed by atoms with Crippen molar-refractivity contribution in [3.8, 4) is 11.3 Å². The zero-order valence-electron chi connectivity index (χ0n) is 16.7. The van der Waals surface area contributed by atoms with Crippen molar-refractivity contribution in [2.75, 3.05) is 18.4 Å². The van der Waals surface area contributed by atoms with Crippen molar-refractivity contribution in [3.05, 3.63) is 71.4 Å². The maximum atomic E-state index is 12.7. The number of nitrogens with zero attached hydrogens (tertiary/aromatic N) is 3. The van der Waals surface area contributed by atoms with E-state index in [9.17, 15) is 4.79 Å². The second-order valence-corrected chi connectivity index (χ2v) is 7.20. The van der Waals surface area contributed by atoms with Gasteiger partial charge in [-0.25, -0.2) is 9.97 Å². The summed E-state index contributed by atoms with van der Waals surface area (Å²) in [7, 11) is 0. The van der Waals surface area contributed by atoms with Gasteiger partial charge < -0.3 is 10.2 Å². The summed E-state index contributed by atoms with van der Waals surface area (Å²) in [4.78, 5) is 23.4. The van der Waals surface area contributed by atoms with Crippen LogP contribution in [0.4, 0.5) is 11.6 Å². The quantitative estimate of drug-likeness (QED) is 0.511. The van der Waals surface area contributed by atoms with E-state index in [1.54, 1.807) is 6.20 Å². The van der Waals surface area contributed by atoms with Gasteiger partial charge in [0, 0.05) is 41.1 Å². The van der Waals surface area contributed by atoms with Crippen LogP contribution in [0.2, 0.25) is 5.02 Å². The van der Waals surface area contributed by atoms with Crippen LogP contribution in [0.25, 0.3) is 11.3 Å². The number of carbonyl (C=O) groups is 1. The van der Waals surface area contributed by atoms with Gasteiger partial charge in [0.15, 0.2) is 0 Å². The minimum atomic E-state index is 0.0706. The third-order valence-corrected chi connectivity index (χ3v) is 4.71. The van der Waals surface area contributed by atoms with Gasteiger partial charge in [-0.1, -0.05) is 37.6 Å². The topological polar surface area (TPSA) is 58.1 Å². The number of rotatable bonds is 8. The summed E-state index contributed by atoms with van der Waals surface area (Å²) < 4.78 is 0. The Morgan fingerprint density at radius 1 is 0.966 bits per heavy atom. The molecule has 0 aliphatic heterocycles. The van der Waals surface area contributed by atoms with Gasteiger partial charge in [-0.2, -0.15) is 0 Å². The van der Waals surface area contributed by atoms with Gasteiger partial charge in [0.1, 0.15) is 0 Å². The van der Waals surface area contributed by atoms with Crippen molar-refractivity contribution in [2.24, 2.45) is 0 Å². The number of aromatic nitrogens is 2. The fraction of sp³-hybridized carbons (Fsp3) is 0.261. The molecule has 0 unspecified atom stereocenters. The monoisotopic (exact) mass is 408 g/mol. The Balaban J connectivity index is 1.72. The van der Waals surface area contributed by atoms with E-state index < -0.39 is 0 Å². The van der Waals surface area contributed by atoms with Crippen molar-refractivity contribution in [1.82, 2.24) is 14.9 Å². The van der Waals surface area contributed by atoms with Crippen LogP contribution in [-0.2, 0) is 0 Å². The molecule has 1 amide bonds. The average molecular weight is 409 g/mol. The minimum Gasteiger partial charge on any atom is -0.339 e. The number of amides is 1. The molecule has 2 aromatic carbocycles. The molecule has 150 valence electrons. The van der Waals surface area contributed by atoms with Gasteiger partial charge in [-0.15, -0.1) is 0 Å². The van der Waals surface area contributed by atoms with E-state index in [-0.39, 0.29) is 5.91 Å². The maximum absolute atomic E-state index is 12.7. The highest BCUT2D eigenvalue weighted by Crippen LogP contribution is 2.21. The fourth-order valence-electron chi connectivity index (χ4n) is 3.06. The summed E-state index contributed by atoms with van der Waals surface area (Å²) in [5.41, 5.74) is 3.29. The van der Waals surface area contributed by atoms with Crippen LogP contribution in [0.5, 0.6) is 0 Å². The number of halogens is 1. The summed E-state index contributed by atoms with van der Waals surface area (Å²) >= 11 is 5.96. The Morgan fingerprint density at radius 3 is 2.24 bits per heavy atom. The lowest BCUT2D eigenvalue weighted by Gasteiger charge is -2.21. The Kier molecular flexibility index (Phi) is 7.19. The van der Waals surface area contributed by atoms with Crippen molar-refractivity contribution in [1.29, 1.82) is 0 Å². The molecule has 0 aliphatic carbocycles. The van der Waals surface area contributed by atoms with Gasteiger partial charge in [-0.3, -0.25) is 4.79 Å². The minimum absolute atomic E-state index is 0.0706. The zero-order valence-corrected chi connectivity index (χ0v) is 17.5. The van der Waals surface area contributed by atoms with Crippen molar-refractivity contribution >= 4 is 29.1 Å². The first-order valence-corrected chi connectivity index (χ1v) is 10.2. The summed E-state index contributed by atoms with van der Waals surface area (Å²) in [6, 6.07) is 16.8. The van der Waals surface area contributed by atoms with E-state index in [1.807, 2.05) is 59.5 Å². The molecule has 0 spiro atoms. The summed E-state index contributed by atoms with van der Waals surface area (Å²) in [5, 5.41) is 3.89. The van der Waals surface area contributed by atoms with Crippen molar-refractivity contribution in [2.45, 2.75) is 26.7 Å². The molecule has 5 nitrogen and oxygen atoms in total. The molecule has 0 fully saturated rings. The van der Waals surface area contributed by atoms with Crippen LogP contribution in [0, 0.1) is 0 Å². The lowest BCUT2D eigenvalue weighted by atomic mass is 10.1. The standard InChI is InChI=1S/C23H25ClN4O/c1-3-15-28(16-4-2)22(29)18-7-11-20(12-8-18)26-23-25-14-13-21(27-23)17-5-9-19(24)10-6-17/h5-14H,3-4,15-16H2,1-2H3,(H,25,26,27). The number of hydrogen-bond acceptors (Lipinski definition) is 4. The van der Waals surface area contributed by atoms with Crippen LogP contribution in [0.15, 0.2) is 60.8 Å². The van der Waals surface area contributed by atoms with Crippen LogP contribution < -0.4 is 5.32 Å². The lowest BCUT2D eigenvalue weighted by Crippen LogP contribution is -2.32. The predicted octanol–water partition coefficient (Wildman–Crippen LogP) is 5.80. The predicted molar refractivity (Wildman–Crippen MR) is 119 cm³/mol. The van der Waals surface area contributed by atoms with Crippen molar-refractivity contribution < 1.29 is 4.79 Å². The van der Waals surface area contributed by atoms with Crippen LogP contribution in [-0.4, -0.2) is 33.9 Å². The van der Waals surface area contributed by atoms with Gasteiger partial charge >= 0.3 is 0 Å². The molecule has 6 heteroatoms. The maximum Gasteiger partial charge on any atom is 0.253 e. The van der Waals surface area contributed by atoms with Gasteiger partial charge in [0.2, 0.25) is 5.95 Å². The summed E-state index contributed by atoms with van der Waals surface area (Å²) in [5.74, 6) is 0.566. The van der Waals surface area contributed by atoms with E-state index in [0.29, 0.717) is 16.5 Å². The lowest BCUT2D eigenvalue weighted by molar-refractivity contribution is 0.0755. The van der Waals surface area contributed by atoms with E-state index in [1.165, 1.54) is 0 Å². The first-order chi connectivity index (χ1) is 14.1. The fourth-order valence-corrected chi connectivity index (χ4v) is 3.19. The Hall–Kier alpha value is -2.92. The van der Waals surface area contributed by atoms with E-state index in [4.69, 9.17) is 11.6 Å². The molecule has 0 aliphatic rings. The molecule has 0 atom stereocenters. The third kappa shape index (κ3) is 5.55. The normalized spacial score (nSPS) is 10.6.